The second-order valence-electron chi connectivity index (χ2n) is 10.3. The monoisotopic (exact) mass is 568 g/mol. The Kier molecular flexibility index (Phi) is 15.1. The standard InChI is InChI=1S/C33H44O8/c1-5-30(34)39-24-13-9-12-23-37-27-16-14-26(15-17-27)31(35)41-29-20-18-28(19-21-29)38-22-10-7-8-11-25-40-32(36)33(3,4)6-2/h5,14-21H,1,6-13,22-25H2,2-4H3. The Morgan fingerprint density at radius 1 is 0.683 bits per heavy atom. The average molecular weight is 569 g/mol. The molecule has 0 radical (unpaired) electrons. The van der Waals surface area contributed by atoms with E-state index in [2.05, 4.69) is 6.58 Å². The molecule has 0 aliphatic heterocycles. The first-order valence-corrected chi connectivity index (χ1v) is 14.4. The van der Waals surface area contributed by atoms with E-state index in [1.54, 1.807) is 48.5 Å². The fraction of sp³-hybridized carbons (Fsp3) is 0.485. The highest BCUT2D eigenvalue weighted by molar-refractivity contribution is 5.91. The third kappa shape index (κ3) is 13.4. The number of benzene rings is 2. The van der Waals surface area contributed by atoms with Crippen LogP contribution in [0, 0.1) is 5.41 Å². The van der Waals surface area contributed by atoms with E-state index in [0.717, 1.165) is 57.4 Å². The van der Waals surface area contributed by atoms with Crippen LogP contribution in [0.1, 0.15) is 82.5 Å². The molecule has 0 heterocycles. The molecule has 2 aromatic rings. The van der Waals surface area contributed by atoms with Crippen molar-refractivity contribution in [2.75, 3.05) is 26.4 Å². The SMILES string of the molecule is C=CC(=O)OCCCCCOc1ccc(C(=O)Oc2ccc(OCCCCCCOC(=O)C(C)(C)CC)cc2)cc1. The van der Waals surface area contributed by atoms with Crippen molar-refractivity contribution in [2.24, 2.45) is 5.41 Å². The number of hydrogen-bond acceptors (Lipinski definition) is 8. The Balaban J connectivity index is 1.58. The van der Waals surface area contributed by atoms with Gasteiger partial charge in [-0.1, -0.05) is 13.5 Å². The fourth-order valence-corrected chi connectivity index (χ4v) is 3.51. The van der Waals surface area contributed by atoms with Crippen LogP contribution in [0.5, 0.6) is 17.2 Å². The topological polar surface area (TPSA) is 97.4 Å². The van der Waals surface area contributed by atoms with Gasteiger partial charge in [0, 0.05) is 6.08 Å². The minimum Gasteiger partial charge on any atom is -0.494 e. The van der Waals surface area contributed by atoms with Gasteiger partial charge in [0.15, 0.2) is 0 Å². The summed E-state index contributed by atoms with van der Waals surface area (Å²) < 4.78 is 27.2. The molecule has 0 spiro atoms. The number of rotatable bonds is 20. The lowest BCUT2D eigenvalue weighted by molar-refractivity contribution is -0.154. The van der Waals surface area contributed by atoms with Crippen LogP contribution >= 0.6 is 0 Å². The fourth-order valence-electron chi connectivity index (χ4n) is 3.51. The quantitative estimate of drug-likeness (QED) is 0.0722. The summed E-state index contributed by atoms with van der Waals surface area (Å²) in [6.45, 7) is 11.1. The molecule has 0 unspecified atom stereocenters. The minimum atomic E-state index is -0.455. The zero-order chi connectivity index (χ0) is 29.9. The van der Waals surface area contributed by atoms with E-state index in [1.165, 1.54) is 0 Å². The van der Waals surface area contributed by atoms with E-state index in [0.29, 0.717) is 49.2 Å². The zero-order valence-corrected chi connectivity index (χ0v) is 24.7. The molecule has 0 aromatic heterocycles. The van der Waals surface area contributed by atoms with E-state index >= 15 is 0 Å². The summed E-state index contributed by atoms with van der Waals surface area (Å²) in [5.41, 5.74) is 0.00252. The van der Waals surface area contributed by atoms with Gasteiger partial charge in [-0.3, -0.25) is 4.79 Å². The van der Waals surface area contributed by atoms with Crippen LogP contribution in [0.2, 0.25) is 0 Å². The number of carbonyl (C=O) groups is 3. The molecule has 0 amide bonds. The molecule has 0 N–H and O–H groups in total. The largest absolute Gasteiger partial charge is 0.494 e. The molecule has 8 heteroatoms. The summed E-state index contributed by atoms with van der Waals surface area (Å²) in [5.74, 6) is 0.812. The molecule has 0 saturated carbocycles. The van der Waals surface area contributed by atoms with Crippen molar-refractivity contribution in [1.82, 2.24) is 0 Å². The smallest absolute Gasteiger partial charge is 0.343 e. The maximum Gasteiger partial charge on any atom is 0.343 e. The zero-order valence-electron chi connectivity index (χ0n) is 24.7. The van der Waals surface area contributed by atoms with E-state index < -0.39 is 17.4 Å². The van der Waals surface area contributed by atoms with Crippen molar-refractivity contribution >= 4 is 17.9 Å². The third-order valence-electron chi connectivity index (χ3n) is 6.57. The van der Waals surface area contributed by atoms with Crippen molar-refractivity contribution in [3.8, 4) is 17.2 Å². The van der Waals surface area contributed by atoms with Gasteiger partial charge in [0.25, 0.3) is 0 Å². The molecule has 8 nitrogen and oxygen atoms in total. The van der Waals surface area contributed by atoms with Crippen LogP contribution < -0.4 is 14.2 Å². The van der Waals surface area contributed by atoms with Gasteiger partial charge in [-0.2, -0.15) is 0 Å². The third-order valence-corrected chi connectivity index (χ3v) is 6.57. The van der Waals surface area contributed by atoms with Crippen LogP contribution in [0.15, 0.2) is 61.2 Å². The molecule has 0 saturated heterocycles. The molecule has 0 fully saturated rings. The van der Waals surface area contributed by atoms with Crippen molar-refractivity contribution in [3.05, 3.63) is 66.7 Å². The van der Waals surface area contributed by atoms with Crippen molar-refractivity contribution in [2.45, 2.75) is 72.1 Å². The second kappa shape index (κ2) is 18.5. The highest BCUT2D eigenvalue weighted by atomic mass is 16.5. The number of unbranched alkanes of at least 4 members (excludes halogenated alkanes) is 5. The summed E-state index contributed by atoms with van der Waals surface area (Å²) in [7, 11) is 0. The van der Waals surface area contributed by atoms with Crippen molar-refractivity contribution in [3.63, 3.8) is 0 Å². The van der Waals surface area contributed by atoms with Crippen molar-refractivity contribution < 1.29 is 38.1 Å². The Morgan fingerprint density at radius 2 is 1.15 bits per heavy atom. The first-order valence-electron chi connectivity index (χ1n) is 14.4. The van der Waals surface area contributed by atoms with E-state index in [1.807, 2.05) is 20.8 Å². The van der Waals surface area contributed by atoms with Gasteiger partial charge in [0.1, 0.15) is 17.2 Å². The maximum atomic E-state index is 12.5. The van der Waals surface area contributed by atoms with Crippen molar-refractivity contribution in [1.29, 1.82) is 0 Å². The summed E-state index contributed by atoms with van der Waals surface area (Å²) in [5, 5.41) is 0. The lowest BCUT2D eigenvalue weighted by atomic mass is 9.91. The Labute approximate surface area is 244 Å². The van der Waals surface area contributed by atoms with Gasteiger partial charge >= 0.3 is 17.9 Å². The highest BCUT2D eigenvalue weighted by Crippen LogP contribution is 2.22. The van der Waals surface area contributed by atoms with Gasteiger partial charge in [-0.15, -0.1) is 0 Å². The predicted molar refractivity (Wildman–Crippen MR) is 157 cm³/mol. The first-order chi connectivity index (χ1) is 19.7. The average Bonchev–Trinajstić information content (AvgIpc) is 2.98. The predicted octanol–water partition coefficient (Wildman–Crippen LogP) is 7.10. The number of carbonyl (C=O) groups excluding carboxylic acids is 3. The van der Waals surface area contributed by atoms with Crippen LogP contribution in [-0.4, -0.2) is 44.3 Å². The Bertz CT molecular complexity index is 1070. The normalized spacial score (nSPS) is 10.9. The van der Waals surface area contributed by atoms with Crippen LogP contribution in [0.4, 0.5) is 0 Å². The molecule has 0 atom stereocenters. The summed E-state index contributed by atoms with van der Waals surface area (Å²) in [4.78, 5) is 35.4. The summed E-state index contributed by atoms with van der Waals surface area (Å²) in [6.07, 6.45) is 8.09. The molecular formula is C33H44O8. The van der Waals surface area contributed by atoms with E-state index in [9.17, 15) is 14.4 Å². The molecular weight excluding hydrogens is 524 g/mol. The summed E-state index contributed by atoms with van der Waals surface area (Å²) >= 11 is 0. The van der Waals surface area contributed by atoms with Crippen LogP contribution in [0.25, 0.3) is 0 Å². The van der Waals surface area contributed by atoms with Gasteiger partial charge < -0.3 is 23.7 Å². The molecule has 0 aliphatic rings. The molecule has 2 rings (SSSR count). The second-order valence-corrected chi connectivity index (χ2v) is 10.3. The molecule has 2 aromatic carbocycles. The first kappa shape index (κ1) is 33.4. The van der Waals surface area contributed by atoms with Crippen LogP contribution in [0.3, 0.4) is 0 Å². The molecule has 0 bridgehead atoms. The van der Waals surface area contributed by atoms with Gasteiger partial charge in [-0.25, -0.2) is 9.59 Å². The highest BCUT2D eigenvalue weighted by Gasteiger charge is 2.26. The van der Waals surface area contributed by atoms with Gasteiger partial charge in [0.05, 0.1) is 37.4 Å². The van der Waals surface area contributed by atoms with Crippen LogP contribution in [-0.2, 0) is 19.1 Å². The van der Waals surface area contributed by atoms with E-state index in [-0.39, 0.29) is 5.97 Å². The molecule has 0 aliphatic carbocycles. The number of ether oxygens (including phenoxy) is 5. The lowest BCUT2D eigenvalue weighted by Gasteiger charge is -2.20. The number of esters is 3. The Morgan fingerprint density at radius 3 is 1.68 bits per heavy atom. The molecule has 41 heavy (non-hydrogen) atoms. The lowest BCUT2D eigenvalue weighted by Crippen LogP contribution is -2.26. The Hall–Kier alpha value is -3.81. The maximum absolute atomic E-state index is 12.5. The minimum absolute atomic E-state index is 0.133. The van der Waals surface area contributed by atoms with Gasteiger partial charge in [-0.05, 0) is 114 Å². The summed E-state index contributed by atoms with van der Waals surface area (Å²) in [6, 6.07) is 13.8. The number of hydrogen-bond donors (Lipinski definition) is 0. The molecule has 224 valence electrons. The van der Waals surface area contributed by atoms with Gasteiger partial charge in [0.2, 0.25) is 0 Å². The van der Waals surface area contributed by atoms with E-state index in [4.69, 9.17) is 23.7 Å².